The third-order valence-electron chi connectivity index (χ3n) is 2.27. The summed E-state index contributed by atoms with van der Waals surface area (Å²) in [7, 11) is 0. The maximum Gasteiger partial charge on any atom is 0.490 e. The van der Waals surface area contributed by atoms with Crippen LogP contribution < -0.4 is 10.2 Å². The highest BCUT2D eigenvalue weighted by Gasteiger charge is 2.38. The molecule has 0 amide bonds. The Balaban J connectivity index is 0.000000224. The first-order chi connectivity index (χ1) is 8.91. The predicted octanol–water partition coefficient (Wildman–Crippen LogP) is 0.519. The zero-order valence-electron chi connectivity index (χ0n) is 9.89. The number of hydrogen-bond donors (Lipinski definition) is 2. The van der Waals surface area contributed by atoms with Crippen molar-refractivity contribution in [1.82, 2.24) is 15.3 Å². The minimum atomic E-state index is -5.08. The highest BCUT2D eigenvalue weighted by Crippen LogP contribution is 2.13. The summed E-state index contributed by atoms with van der Waals surface area (Å²) in [4.78, 5) is 19.2. The van der Waals surface area contributed by atoms with Crippen LogP contribution in [0.4, 0.5) is 18.9 Å². The largest absolute Gasteiger partial charge is 0.490 e. The predicted molar refractivity (Wildman–Crippen MR) is 60.8 cm³/mol. The van der Waals surface area contributed by atoms with Gasteiger partial charge in [0.15, 0.2) is 0 Å². The molecule has 0 saturated carbocycles. The second-order valence-corrected chi connectivity index (χ2v) is 3.64. The number of alkyl halides is 3. The van der Waals surface area contributed by atoms with E-state index in [-0.39, 0.29) is 0 Å². The van der Waals surface area contributed by atoms with Crippen LogP contribution in [0.1, 0.15) is 0 Å². The molecule has 0 atom stereocenters. The van der Waals surface area contributed by atoms with Crippen molar-refractivity contribution in [2.75, 3.05) is 31.1 Å². The Hall–Kier alpha value is -1.90. The molecule has 2 rings (SSSR count). The fourth-order valence-electron chi connectivity index (χ4n) is 1.38. The minimum Gasteiger partial charge on any atom is -0.475 e. The number of rotatable bonds is 1. The summed E-state index contributed by atoms with van der Waals surface area (Å²) in [6.07, 6.45) is 0.197. The van der Waals surface area contributed by atoms with Crippen molar-refractivity contribution >= 4 is 11.7 Å². The van der Waals surface area contributed by atoms with Crippen molar-refractivity contribution in [2.24, 2.45) is 0 Å². The molecule has 1 fully saturated rings. The Kier molecular flexibility index (Phi) is 5.49. The van der Waals surface area contributed by atoms with Gasteiger partial charge >= 0.3 is 12.1 Å². The van der Waals surface area contributed by atoms with E-state index in [2.05, 4.69) is 20.2 Å². The summed E-state index contributed by atoms with van der Waals surface area (Å²) < 4.78 is 31.7. The average Bonchev–Trinajstić information content (AvgIpc) is 2.40. The van der Waals surface area contributed by atoms with Gasteiger partial charge in [0.05, 0.1) is 18.1 Å². The monoisotopic (exact) mass is 278 g/mol. The van der Waals surface area contributed by atoms with Gasteiger partial charge in [-0.05, 0) is 0 Å². The molecule has 0 aliphatic carbocycles. The van der Waals surface area contributed by atoms with E-state index in [1.54, 1.807) is 6.33 Å². The molecule has 0 bridgehead atoms. The van der Waals surface area contributed by atoms with Crippen molar-refractivity contribution in [2.45, 2.75) is 6.18 Å². The van der Waals surface area contributed by atoms with Crippen molar-refractivity contribution < 1.29 is 23.1 Å². The zero-order valence-corrected chi connectivity index (χ0v) is 9.89. The van der Waals surface area contributed by atoms with Gasteiger partial charge < -0.3 is 15.3 Å². The molecule has 1 aromatic rings. The number of nitrogens with one attached hydrogen (secondary N) is 1. The van der Waals surface area contributed by atoms with E-state index in [0.29, 0.717) is 0 Å². The molecule has 0 unspecified atom stereocenters. The van der Waals surface area contributed by atoms with Crippen LogP contribution in [-0.2, 0) is 4.79 Å². The van der Waals surface area contributed by atoms with Crippen LogP contribution in [0.15, 0.2) is 18.7 Å². The molecule has 2 heterocycles. The molecule has 0 spiro atoms. The van der Waals surface area contributed by atoms with Gasteiger partial charge in [-0.15, -0.1) is 0 Å². The molecular weight excluding hydrogens is 265 g/mol. The van der Waals surface area contributed by atoms with E-state index in [1.807, 2.05) is 12.4 Å². The molecule has 1 aliphatic heterocycles. The quantitative estimate of drug-likeness (QED) is 0.779. The summed E-state index contributed by atoms with van der Waals surface area (Å²) in [6, 6.07) is 0. The van der Waals surface area contributed by atoms with E-state index in [1.165, 1.54) is 0 Å². The van der Waals surface area contributed by atoms with Gasteiger partial charge in [-0.25, -0.2) is 14.8 Å². The number of nitrogens with zero attached hydrogens (tertiary/aromatic N) is 3. The van der Waals surface area contributed by atoms with Crippen LogP contribution in [0, 0.1) is 0 Å². The molecule has 1 aliphatic rings. The lowest BCUT2D eigenvalue weighted by Crippen LogP contribution is -2.43. The first-order valence-corrected chi connectivity index (χ1v) is 5.42. The second kappa shape index (κ2) is 6.88. The molecule has 1 saturated heterocycles. The molecule has 9 heteroatoms. The number of halogens is 3. The SMILES string of the molecule is O=C(O)C(F)(F)F.c1ncc(N2CCNCC2)cn1. The number of anilines is 1. The van der Waals surface area contributed by atoms with Crippen molar-refractivity contribution in [3.05, 3.63) is 18.7 Å². The van der Waals surface area contributed by atoms with Crippen LogP contribution in [0.5, 0.6) is 0 Å². The van der Waals surface area contributed by atoms with Crippen LogP contribution in [-0.4, -0.2) is 53.4 Å². The van der Waals surface area contributed by atoms with Crippen LogP contribution >= 0.6 is 0 Å². The molecule has 1 aromatic heterocycles. The zero-order chi connectivity index (χ0) is 14.3. The third kappa shape index (κ3) is 5.51. The molecule has 106 valence electrons. The number of carboxylic acid groups (broad SMARTS) is 1. The lowest BCUT2D eigenvalue weighted by Gasteiger charge is -2.28. The van der Waals surface area contributed by atoms with Gasteiger partial charge in [-0.1, -0.05) is 0 Å². The summed E-state index contributed by atoms with van der Waals surface area (Å²) in [6.45, 7) is 4.20. The fourth-order valence-corrected chi connectivity index (χ4v) is 1.38. The maximum atomic E-state index is 10.6. The number of piperazine rings is 1. The van der Waals surface area contributed by atoms with Crippen LogP contribution in [0.3, 0.4) is 0 Å². The van der Waals surface area contributed by atoms with Gasteiger partial charge in [0.25, 0.3) is 0 Å². The number of aromatic nitrogens is 2. The standard InChI is InChI=1S/C8H12N4.C2HF3O2/c1-3-12(4-2-9-1)8-5-10-7-11-6-8;3-2(4,5)1(6)7/h5-7,9H,1-4H2;(H,6,7). The van der Waals surface area contributed by atoms with Gasteiger partial charge in [0.2, 0.25) is 0 Å². The van der Waals surface area contributed by atoms with E-state index in [9.17, 15) is 13.2 Å². The Morgan fingerprint density at radius 2 is 1.74 bits per heavy atom. The molecule has 0 aromatic carbocycles. The lowest BCUT2D eigenvalue weighted by molar-refractivity contribution is -0.192. The minimum absolute atomic E-state index is 1.05. The average molecular weight is 278 g/mol. The van der Waals surface area contributed by atoms with Gasteiger partial charge in [-0.3, -0.25) is 0 Å². The number of hydrogen-bond acceptors (Lipinski definition) is 5. The lowest BCUT2D eigenvalue weighted by atomic mass is 10.3. The highest BCUT2D eigenvalue weighted by atomic mass is 19.4. The third-order valence-corrected chi connectivity index (χ3v) is 2.27. The molecule has 2 N–H and O–H groups in total. The number of carboxylic acids is 1. The first kappa shape index (κ1) is 15.2. The van der Waals surface area contributed by atoms with Crippen molar-refractivity contribution in [3.8, 4) is 0 Å². The molecular formula is C10H13F3N4O2. The van der Waals surface area contributed by atoms with Crippen molar-refractivity contribution in [1.29, 1.82) is 0 Å². The van der Waals surface area contributed by atoms with E-state index >= 15 is 0 Å². The second-order valence-electron chi connectivity index (χ2n) is 3.64. The van der Waals surface area contributed by atoms with Crippen LogP contribution in [0.25, 0.3) is 0 Å². The van der Waals surface area contributed by atoms with E-state index < -0.39 is 12.1 Å². The van der Waals surface area contributed by atoms with E-state index in [4.69, 9.17) is 9.90 Å². The Labute approximate surface area is 107 Å². The summed E-state index contributed by atoms with van der Waals surface area (Å²) in [5, 5.41) is 10.4. The van der Waals surface area contributed by atoms with Crippen LogP contribution in [0.2, 0.25) is 0 Å². The molecule has 6 nitrogen and oxygen atoms in total. The number of carbonyl (C=O) groups is 1. The normalized spacial score (nSPS) is 15.4. The smallest absolute Gasteiger partial charge is 0.475 e. The van der Waals surface area contributed by atoms with Gasteiger partial charge in [0.1, 0.15) is 6.33 Å². The first-order valence-electron chi connectivity index (χ1n) is 5.42. The van der Waals surface area contributed by atoms with Gasteiger partial charge in [-0.2, -0.15) is 13.2 Å². The Morgan fingerprint density at radius 1 is 1.26 bits per heavy atom. The Morgan fingerprint density at radius 3 is 2.16 bits per heavy atom. The summed E-state index contributed by atoms with van der Waals surface area (Å²) >= 11 is 0. The number of aliphatic carboxylic acids is 1. The fraction of sp³-hybridized carbons (Fsp3) is 0.500. The topological polar surface area (TPSA) is 78.3 Å². The van der Waals surface area contributed by atoms with Crippen molar-refractivity contribution in [3.63, 3.8) is 0 Å². The Bertz CT molecular complexity index is 394. The summed E-state index contributed by atoms with van der Waals surface area (Å²) in [5.74, 6) is -2.76. The molecule has 0 radical (unpaired) electrons. The van der Waals surface area contributed by atoms with E-state index in [0.717, 1.165) is 31.9 Å². The highest BCUT2D eigenvalue weighted by molar-refractivity contribution is 5.73. The molecule has 19 heavy (non-hydrogen) atoms. The summed E-state index contributed by atoms with van der Waals surface area (Å²) in [5.41, 5.74) is 1.12. The maximum absolute atomic E-state index is 10.6. The van der Waals surface area contributed by atoms with Gasteiger partial charge in [0, 0.05) is 26.2 Å².